The maximum Gasteiger partial charge on any atom is 0.165 e. The van der Waals surface area contributed by atoms with Crippen molar-refractivity contribution in [3.05, 3.63) is 29.6 Å². The van der Waals surface area contributed by atoms with Gasteiger partial charge in [0.15, 0.2) is 11.6 Å². The van der Waals surface area contributed by atoms with Crippen LogP contribution in [0.5, 0.6) is 5.75 Å². The minimum absolute atomic E-state index is 0.222. The topological polar surface area (TPSA) is 29.5 Å². The molecule has 0 heterocycles. The molecular formula is C11H15FO2S. The zero-order valence-electron chi connectivity index (χ0n) is 8.61. The molecule has 0 radical (unpaired) electrons. The molecule has 1 N–H and O–H groups in total. The molecule has 4 heteroatoms. The van der Waals surface area contributed by atoms with Crippen LogP contribution in [0.2, 0.25) is 0 Å². The number of ether oxygens (including phenoxy) is 1. The molecule has 1 aromatic carbocycles. The molecule has 0 aromatic heterocycles. The fourth-order valence-electron chi connectivity index (χ4n) is 1.29. The molecule has 0 aliphatic rings. The van der Waals surface area contributed by atoms with Crippen molar-refractivity contribution < 1.29 is 14.2 Å². The van der Waals surface area contributed by atoms with Gasteiger partial charge >= 0.3 is 0 Å². The largest absolute Gasteiger partial charge is 0.491 e. The lowest BCUT2D eigenvalue weighted by Crippen LogP contribution is -2.00. The monoisotopic (exact) mass is 230 g/mol. The summed E-state index contributed by atoms with van der Waals surface area (Å²) < 4.78 is 18.4. The number of rotatable bonds is 5. The van der Waals surface area contributed by atoms with Crippen molar-refractivity contribution >= 4 is 12.6 Å². The molecule has 0 fully saturated rings. The van der Waals surface area contributed by atoms with Crippen LogP contribution < -0.4 is 4.74 Å². The van der Waals surface area contributed by atoms with E-state index in [9.17, 15) is 9.50 Å². The molecule has 0 aliphatic heterocycles. The van der Waals surface area contributed by atoms with Gasteiger partial charge in [0.2, 0.25) is 0 Å². The summed E-state index contributed by atoms with van der Waals surface area (Å²) in [6.45, 7) is 2.22. The number of hydrogen-bond acceptors (Lipinski definition) is 3. The van der Waals surface area contributed by atoms with E-state index < -0.39 is 11.9 Å². The predicted molar refractivity (Wildman–Crippen MR) is 61.0 cm³/mol. The van der Waals surface area contributed by atoms with Crippen molar-refractivity contribution in [3.8, 4) is 5.75 Å². The van der Waals surface area contributed by atoms with E-state index in [-0.39, 0.29) is 5.75 Å². The van der Waals surface area contributed by atoms with Gasteiger partial charge in [0.25, 0.3) is 0 Å². The number of aliphatic hydroxyl groups excluding tert-OH is 1. The van der Waals surface area contributed by atoms with Crippen molar-refractivity contribution in [2.45, 2.75) is 19.4 Å². The minimum Gasteiger partial charge on any atom is -0.491 e. The predicted octanol–water partition coefficient (Wildman–Crippen LogP) is 2.58. The van der Waals surface area contributed by atoms with Gasteiger partial charge in [-0.15, -0.1) is 0 Å². The van der Waals surface area contributed by atoms with Gasteiger partial charge in [-0.3, -0.25) is 0 Å². The molecule has 1 rings (SSSR count). The SMILES string of the molecule is CCOc1ccc(C(O)CCS)cc1F. The molecule has 0 saturated heterocycles. The third-order valence-electron chi connectivity index (χ3n) is 2.04. The number of hydrogen-bond donors (Lipinski definition) is 2. The highest BCUT2D eigenvalue weighted by Gasteiger charge is 2.10. The highest BCUT2D eigenvalue weighted by molar-refractivity contribution is 7.80. The standard InChI is InChI=1S/C11H15FO2S/c1-2-14-11-4-3-8(7-9(11)12)10(13)5-6-15/h3-4,7,10,13,15H,2,5-6H2,1H3. The molecule has 0 spiro atoms. The normalized spacial score (nSPS) is 12.5. The van der Waals surface area contributed by atoms with Crippen molar-refractivity contribution in [1.29, 1.82) is 0 Å². The minimum atomic E-state index is -0.660. The summed E-state index contributed by atoms with van der Waals surface area (Å²) >= 11 is 4.01. The Kier molecular flexibility index (Phi) is 4.91. The van der Waals surface area contributed by atoms with Crippen molar-refractivity contribution in [2.75, 3.05) is 12.4 Å². The average Bonchev–Trinajstić information content (AvgIpc) is 2.21. The number of halogens is 1. The summed E-state index contributed by atoms with van der Waals surface area (Å²) in [5, 5.41) is 9.61. The summed E-state index contributed by atoms with van der Waals surface area (Å²) in [6, 6.07) is 4.51. The Balaban J connectivity index is 2.81. The molecule has 0 bridgehead atoms. The first kappa shape index (κ1) is 12.3. The second-order valence-electron chi connectivity index (χ2n) is 3.15. The molecular weight excluding hydrogens is 215 g/mol. The van der Waals surface area contributed by atoms with Crippen LogP contribution in [0, 0.1) is 5.82 Å². The molecule has 84 valence electrons. The van der Waals surface area contributed by atoms with E-state index in [1.807, 2.05) is 0 Å². The van der Waals surface area contributed by atoms with Crippen molar-refractivity contribution in [1.82, 2.24) is 0 Å². The molecule has 0 amide bonds. The fourth-order valence-corrected chi connectivity index (χ4v) is 1.53. The van der Waals surface area contributed by atoms with E-state index >= 15 is 0 Å². The Morgan fingerprint density at radius 1 is 1.53 bits per heavy atom. The first-order chi connectivity index (χ1) is 7.19. The lowest BCUT2D eigenvalue weighted by Gasteiger charge is -2.11. The zero-order valence-corrected chi connectivity index (χ0v) is 9.51. The van der Waals surface area contributed by atoms with Crippen LogP contribution in [0.3, 0.4) is 0 Å². The first-order valence-corrected chi connectivity index (χ1v) is 5.53. The van der Waals surface area contributed by atoms with Crippen LogP contribution in [0.1, 0.15) is 25.0 Å². The lowest BCUT2D eigenvalue weighted by atomic mass is 10.1. The summed E-state index contributed by atoms with van der Waals surface area (Å²) in [7, 11) is 0. The van der Waals surface area contributed by atoms with E-state index in [1.54, 1.807) is 13.0 Å². The Hall–Kier alpha value is -0.740. The van der Waals surface area contributed by atoms with Crippen LogP contribution in [0.25, 0.3) is 0 Å². The molecule has 0 saturated carbocycles. The quantitative estimate of drug-likeness (QED) is 0.761. The Morgan fingerprint density at radius 2 is 2.27 bits per heavy atom. The lowest BCUT2D eigenvalue weighted by molar-refractivity contribution is 0.174. The maximum atomic E-state index is 13.4. The van der Waals surface area contributed by atoms with Crippen molar-refractivity contribution in [2.24, 2.45) is 0 Å². The molecule has 1 atom stereocenters. The Labute approximate surface area is 94.5 Å². The van der Waals surface area contributed by atoms with Gasteiger partial charge in [0.05, 0.1) is 12.7 Å². The highest BCUT2D eigenvalue weighted by Crippen LogP contribution is 2.23. The zero-order chi connectivity index (χ0) is 11.3. The summed E-state index contributed by atoms with van der Waals surface area (Å²) in [6.07, 6.45) is -0.149. The van der Waals surface area contributed by atoms with Crippen LogP contribution in [-0.2, 0) is 0 Å². The van der Waals surface area contributed by atoms with Gasteiger partial charge in [-0.25, -0.2) is 4.39 Å². The Bertz CT molecular complexity index is 317. The van der Waals surface area contributed by atoms with Crippen LogP contribution in [0.4, 0.5) is 4.39 Å². The second kappa shape index (κ2) is 5.98. The third-order valence-corrected chi connectivity index (χ3v) is 2.30. The van der Waals surface area contributed by atoms with Gasteiger partial charge in [0.1, 0.15) is 0 Å². The van der Waals surface area contributed by atoms with Gasteiger partial charge in [-0.05, 0) is 36.8 Å². The smallest absolute Gasteiger partial charge is 0.165 e. The first-order valence-electron chi connectivity index (χ1n) is 4.90. The van der Waals surface area contributed by atoms with Gasteiger partial charge in [-0.2, -0.15) is 12.6 Å². The number of benzene rings is 1. The molecule has 0 aliphatic carbocycles. The number of thiol groups is 1. The van der Waals surface area contributed by atoms with Gasteiger partial charge in [0, 0.05) is 0 Å². The maximum absolute atomic E-state index is 13.4. The Morgan fingerprint density at radius 3 is 2.80 bits per heavy atom. The van der Waals surface area contributed by atoms with E-state index in [1.165, 1.54) is 12.1 Å². The van der Waals surface area contributed by atoms with Crippen LogP contribution >= 0.6 is 12.6 Å². The number of aliphatic hydroxyl groups is 1. The molecule has 1 aromatic rings. The van der Waals surface area contributed by atoms with E-state index in [4.69, 9.17) is 4.74 Å². The fraction of sp³-hybridized carbons (Fsp3) is 0.455. The molecule has 1 unspecified atom stereocenters. The summed E-state index contributed by atoms with van der Waals surface area (Å²) in [4.78, 5) is 0. The average molecular weight is 230 g/mol. The van der Waals surface area contributed by atoms with E-state index in [0.29, 0.717) is 24.3 Å². The van der Waals surface area contributed by atoms with Gasteiger partial charge in [-0.1, -0.05) is 6.07 Å². The van der Waals surface area contributed by atoms with Crippen molar-refractivity contribution in [3.63, 3.8) is 0 Å². The summed E-state index contributed by atoms with van der Waals surface area (Å²) in [5.41, 5.74) is 0.560. The van der Waals surface area contributed by atoms with Crippen LogP contribution in [0.15, 0.2) is 18.2 Å². The molecule has 2 nitrogen and oxygen atoms in total. The third kappa shape index (κ3) is 3.39. The van der Waals surface area contributed by atoms with Crippen LogP contribution in [-0.4, -0.2) is 17.5 Å². The van der Waals surface area contributed by atoms with Gasteiger partial charge < -0.3 is 9.84 Å². The van der Waals surface area contributed by atoms with E-state index in [2.05, 4.69) is 12.6 Å². The molecule has 15 heavy (non-hydrogen) atoms. The summed E-state index contributed by atoms with van der Waals surface area (Å²) in [5.74, 6) is 0.350. The highest BCUT2D eigenvalue weighted by atomic mass is 32.1. The second-order valence-corrected chi connectivity index (χ2v) is 3.60. The van der Waals surface area contributed by atoms with E-state index in [0.717, 1.165) is 0 Å².